The number of nitrogens with zero attached hydrogens (tertiary/aromatic N) is 8. The minimum atomic E-state index is -0.501. The molecule has 9 aromatic rings. The molecule has 0 fully saturated rings. The Labute approximate surface area is 524 Å². The number of hydrogen-bond donors (Lipinski definition) is 10. The van der Waals surface area contributed by atoms with E-state index in [4.69, 9.17) is 0 Å². The van der Waals surface area contributed by atoms with Crippen molar-refractivity contribution in [3.8, 4) is 46.0 Å². The highest BCUT2D eigenvalue weighted by molar-refractivity contribution is 5.81. The van der Waals surface area contributed by atoms with Gasteiger partial charge in [0, 0.05) is 12.1 Å². The molecule has 0 heterocycles. The third kappa shape index (κ3) is 12.2. The molecule has 468 valence electrons. The third-order valence-corrected chi connectivity index (χ3v) is 16.1. The van der Waals surface area contributed by atoms with Crippen LogP contribution in [0.2, 0.25) is 0 Å². The smallest absolute Gasteiger partial charge is 0.271 e. The molecule has 0 radical (unpaired) electrons. The summed E-state index contributed by atoms with van der Waals surface area (Å²) in [6.07, 6.45) is 0. The van der Waals surface area contributed by atoms with Crippen LogP contribution >= 0.6 is 0 Å². The molecular weight excluding hydrogens is 1140 g/mol. The van der Waals surface area contributed by atoms with E-state index in [1.54, 1.807) is 251 Å². The molecule has 10 N–H and O–H groups in total. The molecule has 20 heteroatoms. The second-order valence-electron chi connectivity index (χ2n) is 23.6. The fourth-order valence-electron chi connectivity index (χ4n) is 11.3. The van der Waals surface area contributed by atoms with Crippen LogP contribution in [0.5, 0.6) is 46.0 Å². The summed E-state index contributed by atoms with van der Waals surface area (Å²) in [5, 5.41) is 119. The number of aromatic hydroxyl groups is 8. The minimum absolute atomic E-state index is 0.000418. The maximum atomic E-state index is 12.7. The number of aryl methyl sites for hydroxylation is 16. The molecular formula is C70H78N10O10. The van der Waals surface area contributed by atoms with E-state index in [2.05, 4.69) is 10.9 Å². The van der Waals surface area contributed by atoms with Crippen molar-refractivity contribution in [3.63, 3.8) is 0 Å². The van der Waals surface area contributed by atoms with Crippen LogP contribution in [0.3, 0.4) is 0 Å². The highest BCUT2D eigenvalue weighted by Gasteiger charge is 2.42. The van der Waals surface area contributed by atoms with E-state index in [0.29, 0.717) is 135 Å². The Hall–Kier alpha value is -11.0. The highest BCUT2D eigenvalue weighted by Crippen LogP contribution is 2.46. The van der Waals surface area contributed by atoms with Gasteiger partial charge in [0.05, 0.1) is 56.1 Å². The summed E-state index contributed by atoms with van der Waals surface area (Å²) in [6.45, 7) is 28.3. The van der Waals surface area contributed by atoms with Crippen molar-refractivity contribution < 1.29 is 45.8 Å². The van der Waals surface area contributed by atoms with Gasteiger partial charge in [0.2, 0.25) is 0 Å². The molecule has 0 unspecified atom stereocenters. The van der Waals surface area contributed by atoms with Gasteiger partial charge in [-0.2, -0.15) is 35.8 Å². The van der Waals surface area contributed by atoms with Crippen LogP contribution in [-0.4, -0.2) is 45.8 Å². The maximum absolute atomic E-state index is 12.7. The third-order valence-electron chi connectivity index (χ3n) is 16.1. The van der Waals surface area contributed by atoms with Crippen molar-refractivity contribution in [2.75, 3.05) is 46.7 Å². The zero-order valence-electron chi connectivity index (χ0n) is 53.5. The van der Waals surface area contributed by atoms with Crippen molar-refractivity contribution in [1.29, 1.82) is 0 Å². The molecule has 0 atom stereocenters. The van der Waals surface area contributed by atoms with E-state index in [1.807, 2.05) is 5.12 Å². The quantitative estimate of drug-likeness (QED) is 0.0218. The Morgan fingerprint density at radius 3 is 0.722 bits per heavy atom. The van der Waals surface area contributed by atoms with Gasteiger partial charge in [-0.1, -0.05) is 6.07 Å². The summed E-state index contributed by atoms with van der Waals surface area (Å²) < 4.78 is 0. The van der Waals surface area contributed by atoms with Gasteiger partial charge in [0.15, 0.2) is 0 Å². The fourth-order valence-corrected chi connectivity index (χ4v) is 11.3. The zero-order valence-corrected chi connectivity index (χ0v) is 53.5. The molecule has 0 amide bonds. The number of benzene rings is 9. The van der Waals surface area contributed by atoms with Gasteiger partial charge in [0.1, 0.15) is 46.0 Å². The van der Waals surface area contributed by atoms with E-state index >= 15 is 0 Å². The van der Waals surface area contributed by atoms with Crippen LogP contribution in [0.4, 0.5) is 56.9 Å². The molecule has 0 aliphatic rings. The number of hydrazine groups is 8. The first-order chi connectivity index (χ1) is 42.3. The van der Waals surface area contributed by atoms with Crippen LogP contribution in [0.15, 0.2) is 121 Å². The first-order valence-corrected chi connectivity index (χ1v) is 29.1. The average Bonchev–Trinajstić information content (AvgIpc) is 0.739. The molecule has 0 aliphatic carbocycles. The van der Waals surface area contributed by atoms with Crippen LogP contribution in [0.25, 0.3) is 0 Å². The SMILES string of the molecule is Cc1cc(NN(c2cc(C)c(O)c(C)c2)N(c2cc(C)c(O)c(C)c2)N(c2cc(C)c(O)c(C)c2)N(c2cc(C)c(O)c(C)c2)N(c2cc(C)c(O)c(C)c2)N(c2cc(C)c(O)c(C)c2)N(Nc2cccc([N+](=O)[O-])c2)c2cc(C)c(O)c(C)c2)cc(C)c1O. The van der Waals surface area contributed by atoms with E-state index in [9.17, 15) is 51.0 Å². The highest BCUT2D eigenvalue weighted by atomic mass is 16.6. The molecule has 0 saturated carbocycles. The lowest BCUT2D eigenvalue weighted by Gasteiger charge is -2.56. The minimum Gasteiger partial charge on any atom is -0.507 e. The number of nitro benzene ring substituents is 1. The summed E-state index contributed by atoms with van der Waals surface area (Å²) in [7, 11) is 0. The fraction of sp³-hybridized carbons (Fsp3) is 0.229. The van der Waals surface area contributed by atoms with E-state index < -0.39 is 4.92 Å². The monoisotopic (exact) mass is 1220 g/mol. The number of anilines is 9. The van der Waals surface area contributed by atoms with Crippen LogP contribution < -0.4 is 46.7 Å². The van der Waals surface area contributed by atoms with E-state index in [-0.39, 0.29) is 57.4 Å². The van der Waals surface area contributed by atoms with Gasteiger partial charge < -0.3 is 40.9 Å². The molecule has 90 heavy (non-hydrogen) atoms. The molecule has 0 bridgehead atoms. The number of nitro groups is 1. The number of non-ortho nitro benzene ring substituents is 1. The molecule has 0 saturated heterocycles. The lowest BCUT2D eigenvalue weighted by Crippen LogP contribution is -2.72. The molecule has 9 rings (SSSR count). The van der Waals surface area contributed by atoms with Crippen molar-refractivity contribution in [3.05, 3.63) is 220 Å². The number of nitrogens with one attached hydrogen (secondary N) is 2. The van der Waals surface area contributed by atoms with Crippen LogP contribution in [0.1, 0.15) is 89.0 Å². The van der Waals surface area contributed by atoms with Gasteiger partial charge in [-0.05, 0) is 303 Å². The normalized spacial score (nSPS) is 11.1. The Kier molecular flexibility index (Phi) is 17.4. The van der Waals surface area contributed by atoms with Gasteiger partial charge in [-0.3, -0.25) is 21.0 Å². The van der Waals surface area contributed by atoms with Crippen molar-refractivity contribution in [2.24, 2.45) is 0 Å². The van der Waals surface area contributed by atoms with Crippen molar-refractivity contribution >= 4 is 56.9 Å². The predicted molar refractivity (Wildman–Crippen MR) is 358 cm³/mol. The van der Waals surface area contributed by atoms with Gasteiger partial charge in [0.25, 0.3) is 5.69 Å². The summed E-state index contributed by atoms with van der Waals surface area (Å²) in [5.41, 5.74) is 17.8. The lowest BCUT2D eigenvalue weighted by molar-refractivity contribution is -0.384. The van der Waals surface area contributed by atoms with Crippen molar-refractivity contribution in [2.45, 2.75) is 111 Å². The summed E-state index contributed by atoms with van der Waals surface area (Å²) in [5.74, 6) is 0.158. The largest absolute Gasteiger partial charge is 0.507 e. The van der Waals surface area contributed by atoms with E-state index in [1.165, 1.54) is 12.1 Å². The lowest BCUT2D eigenvalue weighted by atomic mass is 10.1. The molecule has 0 aliphatic heterocycles. The molecule has 0 aromatic heterocycles. The zero-order chi connectivity index (χ0) is 65.8. The summed E-state index contributed by atoms with van der Waals surface area (Å²) in [4.78, 5) is 12.2. The Balaban J connectivity index is 1.59. The predicted octanol–water partition coefficient (Wildman–Crippen LogP) is 15.6. The van der Waals surface area contributed by atoms with Crippen LogP contribution in [-0.2, 0) is 0 Å². The van der Waals surface area contributed by atoms with Gasteiger partial charge in [-0.15, -0.1) is 0 Å². The number of phenolic OH excluding ortho intramolecular Hbond substituents is 8. The van der Waals surface area contributed by atoms with Crippen molar-refractivity contribution in [1.82, 2.24) is 0 Å². The summed E-state index contributed by atoms with van der Waals surface area (Å²) >= 11 is 0. The average molecular weight is 1220 g/mol. The number of rotatable bonds is 18. The second kappa shape index (κ2) is 24.6. The number of phenols is 8. The summed E-state index contributed by atoms with van der Waals surface area (Å²) in [6, 6.07) is 34.4. The Morgan fingerprint density at radius 1 is 0.278 bits per heavy atom. The van der Waals surface area contributed by atoms with Gasteiger partial charge >= 0.3 is 0 Å². The standard InChI is InChI=1S/C70H78N10O10/c1-37-20-54(21-38(2)63(37)81)72-74(57-24-41(5)65(83)42(6)25-57)76(59-28-45(9)67(85)46(10)29-59)78(61-32-49(13)69(87)50(14)33-61)79(62-34-51(15)70(88)52(16)35-62)77(60-30-47(11)68(86)48(12)31-60)75(58-26-43(7)66(84)44(8)27-58)73(56-22-39(3)64(82)40(4)23-56)71-53-18-17-19-55(36-53)80(89)90/h17-36,71-72,81-88H,1-16H3. The van der Waals surface area contributed by atoms with Gasteiger partial charge in [-0.25, -0.2) is 0 Å². The first-order valence-electron chi connectivity index (χ1n) is 29.1. The number of hydrogen-bond acceptors (Lipinski definition) is 19. The molecule has 9 aromatic carbocycles. The second-order valence-corrected chi connectivity index (χ2v) is 23.6. The topological polar surface area (TPSA) is 252 Å². The Bertz CT molecular complexity index is 4140. The van der Waals surface area contributed by atoms with E-state index in [0.717, 1.165) is 0 Å². The first kappa shape index (κ1) is 63.5. The Morgan fingerprint density at radius 2 is 0.478 bits per heavy atom. The molecule has 20 nitrogen and oxygen atoms in total. The molecule has 0 spiro atoms. The maximum Gasteiger partial charge on any atom is 0.271 e. The van der Waals surface area contributed by atoms with Crippen LogP contribution in [0, 0.1) is 121 Å².